The molecule has 0 aliphatic carbocycles. The van der Waals surface area contributed by atoms with Crippen LogP contribution in [-0.2, 0) is 9.53 Å². The lowest BCUT2D eigenvalue weighted by Gasteiger charge is -2.33. The Labute approximate surface area is 92.0 Å². The highest BCUT2D eigenvalue weighted by Gasteiger charge is 2.22. The molecule has 0 spiro atoms. The zero-order valence-corrected chi connectivity index (χ0v) is 9.79. The Morgan fingerprint density at radius 2 is 2.40 bits per heavy atom. The number of ether oxygens (including phenoxy) is 1. The molecular formula is C11H22N2O2. The molecule has 1 fully saturated rings. The van der Waals surface area contributed by atoms with E-state index in [2.05, 4.69) is 19.2 Å². The molecular weight excluding hydrogens is 192 g/mol. The van der Waals surface area contributed by atoms with Crippen molar-refractivity contribution < 1.29 is 9.53 Å². The molecule has 4 heteroatoms. The summed E-state index contributed by atoms with van der Waals surface area (Å²) in [5.41, 5.74) is 0. The van der Waals surface area contributed by atoms with Crippen LogP contribution in [0.4, 0.5) is 0 Å². The van der Waals surface area contributed by atoms with Crippen molar-refractivity contribution in [3.63, 3.8) is 0 Å². The van der Waals surface area contributed by atoms with Crippen LogP contribution in [0.15, 0.2) is 0 Å². The van der Waals surface area contributed by atoms with Crippen molar-refractivity contribution in [2.45, 2.75) is 32.7 Å². The molecule has 1 saturated heterocycles. The maximum atomic E-state index is 11.7. The van der Waals surface area contributed by atoms with E-state index in [0.29, 0.717) is 12.6 Å². The fraction of sp³-hybridized carbons (Fsp3) is 0.909. The molecule has 1 heterocycles. The number of unbranched alkanes of at least 4 members (excludes halogenated alkanes) is 1. The summed E-state index contributed by atoms with van der Waals surface area (Å²) in [6.07, 6.45) is 2.14. The number of carbonyl (C=O) groups excluding carboxylic acids is 1. The standard InChI is InChI=1S/C11H22N2O2/c1-3-4-7-15-9-11(14)13-6-5-12-8-10(13)2/h10,12H,3-9H2,1-2H3. The van der Waals surface area contributed by atoms with Gasteiger partial charge in [-0.05, 0) is 13.3 Å². The third kappa shape index (κ3) is 4.18. The molecule has 1 aliphatic heterocycles. The van der Waals surface area contributed by atoms with Gasteiger partial charge in [0, 0.05) is 32.3 Å². The molecule has 15 heavy (non-hydrogen) atoms. The number of hydrogen-bond donors (Lipinski definition) is 1. The summed E-state index contributed by atoms with van der Waals surface area (Å²) in [4.78, 5) is 13.7. The molecule has 0 bridgehead atoms. The summed E-state index contributed by atoms with van der Waals surface area (Å²) in [7, 11) is 0. The van der Waals surface area contributed by atoms with Crippen molar-refractivity contribution in [1.29, 1.82) is 0 Å². The first-order valence-corrected chi connectivity index (χ1v) is 5.83. The van der Waals surface area contributed by atoms with Crippen molar-refractivity contribution >= 4 is 5.91 Å². The van der Waals surface area contributed by atoms with Crippen LogP contribution in [0.3, 0.4) is 0 Å². The second-order valence-corrected chi connectivity index (χ2v) is 4.05. The van der Waals surface area contributed by atoms with Gasteiger partial charge in [0.15, 0.2) is 0 Å². The SMILES string of the molecule is CCCCOCC(=O)N1CCNCC1C. The lowest BCUT2D eigenvalue weighted by molar-refractivity contribution is -0.139. The fourth-order valence-corrected chi connectivity index (χ4v) is 1.70. The van der Waals surface area contributed by atoms with E-state index >= 15 is 0 Å². The van der Waals surface area contributed by atoms with E-state index in [-0.39, 0.29) is 12.5 Å². The molecule has 0 saturated carbocycles. The Morgan fingerprint density at radius 1 is 1.60 bits per heavy atom. The van der Waals surface area contributed by atoms with Crippen molar-refractivity contribution in [1.82, 2.24) is 10.2 Å². The average molecular weight is 214 g/mol. The normalized spacial score (nSPS) is 21.7. The Balaban J connectivity index is 2.20. The molecule has 1 N–H and O–H groups in total. The lowest BCUT2D eigenvalue weighted by Crippen LogP contribution is -2.53. The lowest BCUT2D eigenvalue weighted by atomic mass is 10.2. The van der Waals surface area contributed by atoms with Crippen molar-refractivity contribution in [2.24, 2.45) is 0 Å². The van der Waals surface area contributed by atoms with Gasteiger partial charge in [-0.1, -0.05) is 13.3 Å². The van der Waals surface area contributed by atoms with Crippen LogP contribution in [-0.4, -0.2) is 49.7 Å². The van der Waals surface area contributed by atoms with E-state index in [0.717, 1.165) is 32.5 Å². The molecule has 0 aromatic rings. The Bertz CT molecular complexity index is 197. The smallest absolute Gasteiger partial charge is 0.248 e. The number of hydrogen-bond acceptors (Lipinski definition) is 3. The van der Waals surface area contributed by atoms with E-state index in [1.165, 1.54) is 0 Å². The molecule has 1 rings (SSSR count). The molecule has 0 aromatic carbocycles. The maximum absolute atomic E-state index is 11.7. The number of rotatable bonds is 5. The fourth-order valence-electron chi connectivity index (χ4n) is 1.70. The molecule has 0 aromatic heterocycles. The van der Waals surface area contributed by atoms with Crippen LogP contribution >= 0.6 is 0 Å². The van der Waals surface area contributed by atoms with Gasteiger partial charge in [0.25, 0.3) is 0 Å². The third-order valence-corrected chi connectivity index (χ3v) is 2.69. The molecule has 4 nitrogen and oxygen atoms in total. The van der Waals surface area contributed by atoms with Gasteiger partial charge in [0.2, 0.25) is 5.91 Å². The molecule has 1 aliphatic rings. The van der Waals surface area contributed by atoms with Crippen molar-refractivity contribution in [3.05, 3.63) is 0 Å². The van der Waals surface area contributed by atoms with E-state index in [4.69, 9.17) is 4.74 Å². The first-order chi connectivity index (χ1) is 7.25. The number of nitrogens with one attached hydrogen (secondary N) is 1. The summed E-state index contributed by atoms with van der Waals surface area (Å²) >= 11 is 0. The highest BCUT2D eigenvalue weighted by atomic mass is 16.5. The average Bonchev–Trinajstić information content (AvgIpc) is 2.25. The van der Waals surface area contributed by atoms with Crippen LogP contribution in [0.25, 0.3) is 0 Å². The van der Waals surface area contributed by atoms with Gasteiger partial charge in [-0.15, -0.1) is 0 Å². The van der Waals surface area contributed by atoms with Gasteiger partial charge in [-0.25, -0.2) is 0 Å². The minimum Gasteiger partial charge on any atom is -0.372 e. The number of piperazine rings is 1. The Morgan fingerprint density at radius 3 is 3.07 bits per heavy atom. The summed E-state index contributed by atoms with van der Waals surface area (Å²) in [5.74, 6) is 0.125. The minimum atomic E-state index is 0.125. The second-order valence-electron chi connectivity index (χ2n) is 4.05. The molecule has 1 amide bonds. The van der Waals surface area contributed by atoms with Crippen LogP contribution in [0.1, 0.15) is 26.7 Å². The molecule has 0 radical (unpaired) electrons. The first kappa shape index (κ1) is 12.5. The summed E-state index contributed by atoms with van der Waals surface area (Å²) in [6.45, 7) is 7.70. The van der Waals surface area contributed by atoms with Gasteiger partial charge in [-0.3, -0.25) is 4.79 Å². The van der Waals surface area contributed by atoms with Gasteiger partial charge in [-0.2, -0.15) is 0 Å². The molecule has 88 valence electrons. The molecule has 1 atom stereocenters. The second kappa shape index (κ2) is 6.80. The van der Waals surface area contributed by atoms with E-state index in [9.17, 15) is 4.79 Å². The number of nitrogens with zero attached hydrogens (tertiary/aromatic N) is 1. The Hall–Kier alpha value is -0.610. The first-order valence-electron chi connectivity index (χ1n) is 5.83. The van der Waals surface area contributed by atoms with Gasteiger partial charge >= 0.3 is 0 Å². The summed E-state index contributed by atoms with van der Waals surface area (Å²) < 4.78 is 5.33. The number of carbonyl (C=O) groups is 1. The van der Waals surface area contributed by atoms with Crippen molar-refractivity contribution in [2.75, 3.05) is 32.8 Å². The summed E-state index contributed by atoms with van der Waals surface area (Å²) in [5, 5.41) is 3.26. The van der Waals surface area contributed by atoms with Gasteiger partial charge in [0.05, 0.1) is 0 Å². The predicted molar refractivity (Wildman–Crippen MR) is 59.8 cm³/mol. The van der Waals surface area contributed by atoms with Gasteiger partial charge in [0.1, 0.15) is 6.61 Å². The monoisotopic (exact) mass is 214 g/mol. The maximum Gasteiger partial charge on any atom is 0.248 e. The van der Waals surface area contributed by atoms with Crippen LogP contribution < -0.4 is 5.32 Å². The van der Waals surface area contributed by atoms with Crippen LogP contribution in [0, 0.1) is 0 Å². The Kier molecular flexibility index (Phi) is 5.65. The quantitative estimate of drug-likeness (QED) is 0.682. The molecule has 1 unspecified atom stereocenters. The summed E-state index contributed by atoms with van der Waals surface area (Å²) in [6, 6.07) is 0.293. The zero-order valence-electron chi connectivity index (χ0n) is 9.79. The highest BCUT2D eigenvalue weighted by Crippen LogP contribution is 2.03. The zero-order chi connectivity index (χ0) is 11.1. The van der Waals surface area contributed by atoms with Crippen LogP contribution in [0.5, 0.6) is 0 Å². The topological polar surface area (TPSA) is 41.6 Å². The van der Waals surface area contributed by atoms with E-state index < -0.39 is 0 Å². The largest absolute Gasteiger partial charge is 0.372 e. The van der Waals surface area contributed by atoms with E-state index in [1.54, 1.807) is 0 Å². The highest BCUT2D eigenvalue weighted by molar-refractivity contribution is 5.77. The van der Waals surface area contributed by atoms with Crippen LogP contribution in [0.2, 0.25) is 0 Å². The third-order valence-electron chi connectivity index (χ3n) is 2.69. The predicted octanol–water partition coefficient (Wildman–Crippen LogP) is 0.623. The van der Waals surface area contributed by atoms with Gasteiger partial charge < -0.3 is 15.0 Å². The van der Waals surface area contributed by atoms with Crippen molar-refractivity contribution in [3.8, 4) is 0 Å². The number of amides is 1. The minimum absolute atomic E-state index is 0.125. The van der Waals surface area contributed by atoms with E-state index in [1.807, 2.05) is 4.90 Å².